The van der Waals surface area contributed by atoms with Crippen molar-refractivity contribution in [3.05, 3.63) is 44.5 Å². The number of carbonyl (C=O) groups is 3. The highest BCUT2D eigenvalue weighted by atomic mass is 16.5. The van der Waals surface area contributed by atoms with Crippen LogP contribution in [0.15, 0.2) is 22.3 Å². The van der Waals surface area contributed by atoms with Gasteiger partial charge in [-0.1, -0.05) is 31.9 Å². The maximum Gasteiger partial charge on any atom is 0.261 e. The zero-order chi connectivity index (χ0) is 28.6. The lowest BCUT2D eigenvalue weighted by Crippen LogP contribution is -2.48. The Labute approximate surface area is 221 Å². The first kappa shape index (κ1) is 30.1. The topological polar surface area (TPSA) is 133 Å². The van der Waals surface area contributed by atoms with E-state index in [1.165, 1.54) is 0 Å². The lowest BCUT2D eigenvalue weighted by atomic mass is 9.76. The van der Waals surface area contributed by atoms with Crippen LogP contribution in [0.4, 0.5) is 0 Å². The van der Waals surface area contributed by atoms with Crippen LogP contribution in [0.3, 0.4) is 0 Å². The monoisotopic (exact) mass is 512 g/mol. The van der Waals surface area contributed by atoms with Gasteiger partial charge in [0.05, 0.1) is 0 Å². The minimum Gasteiger partial charge on any atom is -0.507 e. The predicted molar refractivity (Wildman–Crippen MR) is 146 cm³/mol. The van der Waals surface area contributed by atoms with Crippen molar-refractivity contribution in [2.24, 2.45) is 22.8 Å². The number of hydrogen-bond donors (Lipinski definition) is 3. The van der Waals surface area contributed by atoms with E-state index in [2.05, 4.69) is 6.92 Å². The minimum absolute atomic E-state index is 0.133. The van der Waals surface area contributed by atoms with Crippen molar-refractivity contribution in [1.82, 2.24) is 0 Å². The van der Waals surface area contributed by atoms with Crippen LogP contribution in [0.2, 0.25) is 0 Å². The molecule has 7 nitrogen and oxygen atoms in total. The number of amides is 2. The van der Waals surface area contributed by atoms with E-state index in [0.29, 0.717) is 43.1 Å². The Bertz CT molecular complexity index is 1210. The van der Waals surface area contributed by atoms with Gasteiger partial charge in [-0.15, -0.1) is 0 Å². The van der Waals surface area contributed by atoms with Gasteiger partial charge in [0.1, 0.15) is 11.5 Å². The number of allylic oxidation sites excluding steroid dienone is 4. The van der Waals surface area contributed by atoms with Crippen LogP contribution in [0.5, 0.6) is 11.5 Å². The molecule has 2 amide bonds. The first-order valence-corrected chi connectivity index (χ1v) is 12.9. The van der Waals surface area contributed by atoms with Crippen LogP contribution in [0.25, 0.3) is 0 Å². The Kier molecular flexibility index (Phi) is 8.73. The van der Waals surface area contributed by atoms with Crippen LogP contribution >= 0.6 is 0 Å². The minimum atomic E-state index is -0.951. The average Bonchev–Trinajstić information content (AvgIpc) is 2.83. The van der Waals surface area contributed by atoms with Gasteiger partial charge in [-0.2, -0.15) is 0 Å². The fourth-order valence-corrected chi connectivity index (χ4v) is 4.79. The molecule has 1 heterocycles. The summed E-state index contributed by atoms with van der Waals surface area (Å²) in [5.74, 6) is 0.701. The van der Waals surface area contributed by atoms with E-state index in [0.717, 1.165) is 44.5 Å². The number of ketones is 1. The van der Waals surface area contributed by atoms with Gasteiger partial charge in [0.25, 0.3) is 5.91 Å². The zero-order valence-corrected chi connectivity index (χ0v) is 24.1. The molecule has 5 N–H and O–H groups in total. The molecule has 1 unspecified atom stereocenters. The normalized spacial score (nSPS) is 21.7. The third kappa shape index (κ3) is 5.76. The van der Waals surface area contributed by atoms with Gasteiger partial charge in [0.15, 0.2) is 11.4 Å². The number of rotatable bonds is 5. The molecule has 1 aliphatic heterocycles. The van der Waals surface area contributed by atoms with E-state index in [9.17, 15) is 19.5 Å². The summed E-state index contributed by atoms with van der Waals surface area (Å²) in [6, 6.07) is 0. The van der Waals surface area contributed by atoms with E-state index < -0.39 is 16.9 Å². The van der Waals surface area contributed by atoms with Crippen molar-refractivity contribution in [2.75, 3.05) is 0 Å². The summed E-state index contributed by atoms with van der Waals surface area (Å²) in [5.41, 5.74) is 16.7. The van der Waals surface area contributed by atoms with Crippen molar-refractivity contribution in [1.29, 1.82) is 0 Å². The van der Waals surface area contributed by atoms with Gasteiger partial charge in [-0.05, 0) is 101 Å². The van der Waals surface area contributed by atoms with Crippen LogP contribution in [0.1, 0.15) is 90.0 Å². The lowest BCUT2D eigenvalue weighted by Gasteiger charge is -2.35. The molecule has 0 radical (unpaired) electrons. The Balaban J connectivity index is 0.000000260. The van der Waals surface area contributed by atoms with Crippen molar-refractivity contribution in [3.63, 3.8) is 0 Å². The molecule has 0 spiro atoms. The number of benzene rings is 1. The molecular formula is C30H44N2O5. The highest BCUT2D eigenvalue weighted by Crippen LogP contribution is 2.43. The quantitative estimate of drug-likeness (QED) is 0.508. The fourth-order valence-electron chi connectivity index (χ4n) is 4.79. The van der Waals surface area contributed by atoms with Gasteiger partial charge in [-0.3, -0.25) is 14.4 Å². The van der Waals surface area contributed by atoms with Gasteiger partial charge in [0, 0.05) is 17.4 Å². The Morgan fingerprint density at radius 3 is 2.11 bits per heavy atom. The van der Waals surface area contributed by atoms with Crippen molar-refractivity contribution in [3.8, 4) is 11.5 Å². The summed E-state index contributed by atoms with van der Waals surface area (Å²) in [5, 5.41) is 10.0. The average molecular weight is 513 g/mol. The molecule has 0 aromatic heterocycles. The molecule has 2 aliphatic rings. The summed E-state index contributed by atoms with van der Waals surface area (Å²) < 4.78 is 5.84. The van der Waals surface area contributed by atoms with Crippen LogP contribution in [-0.4, -0.2) is 28.3 Å². The second kappa shape index (κ2) is 10.7. The molecule has 0 fully saturated rings. The van der Waals surface area contributed by atoms with Gasteiger partial charge < -0.3 is 21.3 Å². The molecule has 0 saturated heterocycles. The van der Waals surface area contributed by atoms with E-state index in [4.69, 9.17) is 16.2 Å². The molecule has 37 heavy (non-hydrogen) atoms. The van der Waals surface area contributed by atoms with E-state index in [-0.39, 0.29) is 11.7 Å². The number of phenolic OH excluding ortho intramolecular Hbond substituents is 1. The number of hydrogen-bond acceptors (Lipinski definition) is 5. The SMILES string of the molecule is CC1=C(C)C(C)C(C)=C(CCC(C)(C)C(N)=O)C1=O.Cc1c(C)c2c(c(C)c1O)CC[C@](C)(C(N)=O)O2. The molecule has 204 valence electrons. The predicted octanol–water partition coefficient (Wildman–Crippen LogP) is 5.04. The van der Waals surface area contributed by atoms with Crippen LogP contribution in [-0.2, 0) is 20.8 Å². The smallest absolute Gasteiger partial charge is 0.261 e. The Morgan fingerprint density at radius 1 is 1.03 bits per heavy atom. The first-order chi connectivity index (χ1) is 16.9. The van der Waals surface area contributed by atoms with Crippen LogP contribution < -0.4 is 16.2 Å². The number of ether oxygens (including phenoxy) is 1. The number of phenols is 1. The molecule has 0 bridgehead atoms. The van der Waals surface area contributed by atoms with Crippen molar-refractivity contribution >= 4 is 17.6 Å². The number of primary amides is 2. The molecule has 3 rings (SSSR count). The molecule has 0 saturated carbocycles. The highest BCUT2D eigenvalue weighted by Gasteiger charge is 2.39. The summed E-state index contributed by atoms with van der Waals surface area (Å²) in [6.07, 6.45) is 2.46. The molecule has 1 aliphatic carbocycles. The summed E-state index contributed by atoms with van der Waals surface area (Å²) >= 11 is 0. The number of aromatic hydroxyl groups is 1. The first-order valence-electron chi connectivity index (χ1n) is 12.9. The lowest BCUT2D eigenvalue weighted by molar-refractivity contribution is -0.133. The maximum absolute atomic E-state index is 12.3. The number of carbonyl (C=O) groups excluding carboxylic acids is 3. The van der Waals surface area contributed by atoms with Gasteiger partial charge >= 0.3 is 0 Å². The number of nitrogens with two attached hydrogens (primary N) is 2. The molecule has 1 aromatic carbocycles. The molecular weight excluding hydrogens is 468 g/mol. The summed E-state index contributed by atoms with van der Waals surface area (Å²) in [4.78, 5) is 35.2. The summed E-state index contributed by atoms with van der Waals surface area (Å²) in [7, 11) is 0. The standard InChI is InChI=1S/C16H25NO2.C14H19NO3/c1-9-10(2)12(4)14(18)13(11(9)3)7-8-16(5,6)15(17)19;1-7-8(2)12-10(9(3)11(7)16)5-6-14(4,18-12)13(15)17/h9H,7-8H2,1-6H3,(H2,17,19);16H,5-6H2,1-4H3,(H2,15,17)/t;14-/m.1/s1. The fraction of sp³-hybridized carbons (Fsp3) is 0.567. The molecule has 2 atom stereocenters. The second-order valence-electron chi connectivity index (χ2n) is 11.5. The Morgan fingerprint density at radius 2 is 1.59 bits per heavy atom. The molecule has 7 heteroatoms. The van der Waals surface area contributed by atoms with Crippen molar-refractivity contribution < 1.29 is 24.2 Å². The third-order valence-corrected chi connectivity index (χ3v) is 8.69. The summed E-state index contributed by atoms with van der Waals surface area (Å²) in [6.45, 7) is 19.0. The second-order valence-corrected chi connectivity index (χ2v) is 11.5. The largest absolute Gasteiger partial charge is 0.507 e. The Hall–Kier alpha value is -3.09. The number of fused-ring (bicyclic) bond motifs is 1. The van der Waals surface area contributed by atoms with Gasteiger partial charge in [0.2, 0.25) is 5.91 Å². The van der Waals surface area contributed by atoms with E-state index in [1.54, 1.807) is 6.92 Å². The zero-order valence-electron chi connectivity index (χ0n) is 24.1. The maximum atomic E-state index is 12.3. The number of Topliss-reactive ketones (excluding diaryl/α,β-unsaturated/α-hetero) is 1. The highest BCUT2D eigenvalue weighted by molar-refractivity contribution is 6.10. The van der Waals surface area contributed by atoms with E-state index >= 15 is 0 Å². The third-order valence-electron chi connectivity index (χ3n) is 8.69. The van der Waals surface area contributed by atoms with E-state index in [1.807, 2.05) is 55.4 Å². The van der Waals surface area contributed by atoms with Crippen molar-refractivity contribution in [2.45, 2.75) is 101 Å². The molecule has 1 aromatic rings. The van der Waals surface area contributed by atoms with Crippen LogP contribution in [0, 0.1) is 32.1 Å². The van der Waals surface area contributed by atoms with Gasteiger partial charge in [-0.25, -0.2) is 0 Å².